The Balaban J connectivity index is 1.42. The first-order valence-corrected chi connectivity index (χ1v) is 10.7. The zero-order valence-electron chi connectivity index (χ0n) is 16.6. The van der Waals surface area contributed by atoms with Crippen LogP contribution in [0.2, 0.25) is 0 Å². The number of hydrogen-bond acceptors (Lipinski definition) is 9. The van der Waals surface area contributed by atoms with Gasteiger partial charge in [0, 0.05) is 32.9 Å². The Morgan fingerprint density at radius 3 is 2.62 bits per heavy atom. The molecular formula is C17H23N7O4S. The second kappa shape index (κ2) is 7.69. The third-order valence-electron chi connectivity index (χ3n) is 4.91. The highest BCUT2D eigenvalue weighted by Gasteiger charge is 2.29. The standard InChI is InChI=1S/C17H23N7O4S/c1-12-16(13(2)27-20-12)17-19-14(21-28-17)9-23-5-4-6-24(8-7-23)29(25,26)15-10-22(3)11-18-15/h10-11H,4-9H2,1-3H3. The molecule has 0 N–H and O–H groups in total. The summed E-state index contributed by atoms with van der Waals surface area (Å²) in [5, 5.41) is 8.04. The molecule has 11 nitrogen and oxygen atoms in total. The van der Waals surface area contributed by atoms with Crippen molar-refractivity contribution < 1.29 is 17.5 Å². The molecule has 3 aromatic rings. The lowest BCUT2D eigenvalue weighted by Gasteiger charge is -2.19. The topological polar surface area (TPSA) is 123 Å². The van der Waals surface area contributed by atoms with Crippen molar-refractivity contribution in [3.05, 3.63) is 29.8 Å². The average molecular weight is 421 g/mol. The summed E-state index contributed by atoms with van der Waals surface area (Å²) >= 11 is 0. The number of rotatable bonds is 5. The van der Waals surface area contributed by atoms with E-state index in [0.29, 0.717) is 61.3 Å². The maximum absolute atomic E-state index is 12.8. The minimum atomic E-state index is -3.59. The van der Waals surface area contributed by atoms with Gasteiger partial charge < -0.3 is 13.6 Å². The number of hydrogen-bond donors (Lipinski definition) is 0. The summed E-state index contributed by atoms with van der Waals surface area (Å²) in [6.45, 7) is 6.24. The summed E-state index contributed by atoms with van der Waals surface area (Å²) in [6.07, 6.45) is 3.72. The van der Waals surface area contributed by atoms with Crippen LogP contribution in [0.4, 0.5) is 0 Å². The zero-order valence-corrected chi connectivity index (χ0v) is 17.4. The molecule has 0 aliphatic carbocycles. The molecule has 1 aliphatic rings. The average Bonchev–Trinajstić information content (AvgIpc) is 3.33. The summed E-state index contributed by atoms with van der Waals surface area (Å²) < 4.78 is 39.2. The molecule has 1 saturated heterocycles. The lowest BCUT2D eigenvalue weighted by Crippen LogP contribution is -2.35. The molecule has 12 heteroatoms. The molecule has 0 bridgehead atoms. The van der Waals surface area contributed by atoms with Gasteiger partial charge in [-0.05, 0) is 26.8 Å². The van der Waals surface area contributed by atoms with Gasteiger partial charge in [-0.3, -0.25) is 4.90 Å². The van der Waals surface area contributed by atoms with Crippen LogP contribution in [-0.4, -0.2) is 68.7 Å². The molecule has 1 aliphatic heterocycles. The highest BCUT2D eigenvalue weighted by Crippen LogP contribution is 2.25. The highest BCUT2D eigenvalue weighted by atomic mass is 32.2. The zero-order chi connectivity index (χ0) is 20.6. The lowest BCUT2D eigenvalue weighted by molar-refractivity contribution is 0.266. The summed E-state index contributed by atoms with van der Waals surface area (Å²) in [7, 11) is -1.84. The normalized spacial score (nSPS) is 16.9. The lowest BCUT2D eigenvalue weighted by atomic mass is 10.2. The van der Waals surface area contributed by atoms with Gasteiger partial charge >= 0.3 is 0 Å². The van der Waals surface area contributed by atoms with Gasteiger partial charge in [-0.25, -0.2) is 13.4 Å². The van der Waals surface area contributed by atoms with Gasteiger partial charge in [0.2, 0.25) is 0 Å². The van der Waals surface area contributed by atoms with Crippen LogP contribution in [0.1, 0.15) is 23.7 Å². The van der Waals surface area contributed by atoms with Crippen molar-refractivity contribution in [2.24, 2.45) is 7.05 Å². The van der Waals surface area contributed by atoms with Gasteiger partial charge in [-0.15, -0.1) is 0 Å². The molecule has 156 valence electrons. The Labute approximate surface area is 168 Å². The Morgan fingerprint density at radius 1 is 1.10 bits per heavy atom. The molecule has 0 atom stereocenters. The minimum Gasteiger partial charge on any atom is -0.361 e. The molecule has 0 radical (unpaired) electrons. The first-order chi connectivity index (χ1) is 13.8. The summed E-state index contributed by atoms with van der Waals surface area (Å²) in [5.41, 5.74) is 1.41. The highest BCUT2D eigenvalue weighted by molar-refractivity contribution is 7.89. The van der Waals surface area contributed by atoms with Gasteiger partial charge in [-0.1, -0.05) is 10.3 Å². The minimum absolute atomic E-state index is 0.0794. The van der Waals surface area contributed by atoms with Crippen molar-refractivity contribution >= 4 is 10.0 Å². The Bertz CT molecular complexity index is 1080. The van der Waals surface area contributed by atoms with Gasteiger partial charge in [0.1, 0.15) is 11.3 Å². The Kier molecular flexibility index (Phi) is 5.23. The van der Waals surface area contributed by atoms with Crippen LogP contribution in [0.25, 0.3) is 11.5 Å². The van der Waals surface area contributed by atoms with E-state index in [-0.39, 0.29) is 5.03 Å². The van der Waals surface area contributed by atoms with Crippen molar-refractivity contribution in [2.45, 2.75) is 31.8 Å². The van der Waals surface area contributed by atoms with Crippen LogP contribution in [0, 0.1) is 13.8 Å². The van der Waals surface area contributed by atoms with Crippen LogP contribution in [-0.2, 0) is 23.6 Å². The van der Waals surface area contributed by atoms with Gasteiger partial charge in [-0.2, -0.15) is 9.29 Å². The molecule has 0 amide bonds. The van der Waals surface area contributed by atoms with Gasteiger partial charge in [0.15, 0.2) is 10.9 Å². The molecule has 3 aromatic heterocycles. The van der Waals surface area contributed by atoms with Gasteiger partial charge in [0.25, 0.3) is 15.9 Å². The first-order valence-electron chi connectivity index (χ1n) is 9.31. The fraction of sp³-hybridized carbons (Fsp3) is 0.529. The second-order valence-corrected chi connectivity index (χ2v) is 9.01. The predicted octanol–water partition coefficient (Wildman–Crippen LogP) is 0.972. The third kappa shape index (κ3) is 3.95. The van der Waals surface area contributed by atoms with E-state index in [1.54, 1.807) is 18.5 Å². The smallest absolute Gasteiger partial charge is 0.263 e. The van der Waals surface area contributed by atoms with Crippen molar-refractivity contribution in [3.63, 3.8) is 0 Å². The Morgan fingerprint density at radius 2 is 1.93 bits per heavy atom. The van der Waals surface area contributed by atoms with Gasteiger partial charge in [0.05, 0.1) is 18.6 Å². The summed E-state index contributed by atoms with van der Waals surface area (Å²) in [5.74, 6) is 1.55. The number of imidazole rings is 1. The molecule has 0 unspecified atom stereocenters. The van der Waals surface area contributed by atoms with Crippen LogP contribution < -0.4 is 0 Å². The molecular weight excluding hydrogens is 398 g/mol. The number of nitrogens with zero attached hydrogens (tertiary/aromatic N) is 7. The molecule has 0 aromatic carbocycles. The largest absolute Gasteiger partial charge is 0.361 e. The molecule has 0 saturated carbocycles. The number of sulfonamides is 1. The fourth-order valence-corrected chi connectivity index (χ4v) is 4.84. The maximum atomic E-state index is 12.8. The number of aromatic nitrogens is 5. The van der Waals surface area contributed by atoms with E-state index in [1.807, 2.05) is 6.92 Å². The SMILES string of the molecule is Cc1noc(C)c1-c1nc(CN2CCCN(S(=O)(=O)c3cn(C)cn3)CC2)no1. The fourth-order valence-electron chi connectivity index (χ4n) is 3.41. The van der Waals surface area contributed by atoms with E-state index in [4.69, 9.17) is 9.05 Å². The second-order valence-electron chi connectivity index (χ2n) is 7.13. The van der Waals surface area contributed by atoms with E-state index < -0.39 is 10.0 Å². The van der Waals surface area contributed by atoms with Crippen LogP contribution in [0.15, 0.2) is 26.6 Å². The first kappa shape index (κ1) is 19.7. The van der Waals surface area contributed by atoms with E-state index in [1.165, 1.54) is 16.8 Å². The summed E-state index contributed by atoms with van der Waals surface area (Å²) in [4.78, 5) is 10.6. The van der Waals surface area contributed by atoms with Crippen molar-refractivity contribution in [1.29, 1.82) is 0 Å². The molecule has 4 rings (SSSR count). The molecule has 0 spiro atoms. The molecule has 4 heterocycles. The predicted molar refractivity (Wildman–Crippen MR) is 101 cm³/mol. The van der Waals surface area contributed by atoms with E-state index in [0.717, 1.165) is 6.54 Å². The van der Waals surface area contributed by atoms with E-state index in [9.17, 15) is 8.42 Å². The third-order valence-corrected chi connectivity index (χ3v) is 6.70. The van der Waals surface area contributed by atoms with Crippen LogP contribution >= 0.6 is 0 Å². The van der Waals surface area contributed by atoms with Crippen molar-refractivity contribution in [1.82, 2.24) is 34.1 Å². The van der Waals surface area contributed by atoms with E-state index >= 15 is 0 Å². The maximum Gasteiger partial charge on any atom is 0.263 e. The molecule has 1 fully saturated rings. The van der Waals surface area contributed by atoms with Crippen LogP contribution in [0.5, 0.6) is 0 Å². The summed E-state index contributed by atoms with van der Waals surface area (Å²) in [6, 6.07) is 0. The Hall–Kier alpha value is -2.57. The molecule has 29 heavy (non-hydrogen) atoms. The van der Waals surface area contributed by atoms with Crippen molar-refractivity contribution in [3.8, 4) is 11.5 Å². The van der Waals surface area contributed by atoms with Crippen molar-refractivity contribution in [2.75, 3.05) is 26.2 Å². The monoisotopic (exact) mass is 421 g/mol. The van der Waals surface area contributed by atoms with Crippen LogP contribution in [0.3, 0.4) is 0 Å². The number of aryl methyl sites for hydroxylation is 3. The quantitative estimate of drug-likeness (QED) is 0.593. The van der Waals surface area contributed by atoms with E-state index in [2.05, 4.69) is 25.2 Å².